The van der Waals surface area contributed by atoms with Crippen molar-refractivity contribution in [1.29, 1.82) is 0 Å². The van der Waals surface area contributed by atoms with Gasteiger partial charge < -0.3 is 24.4 Å². The topological polar surface area (TPSA) is 120 Å². The Bertz CT molecular complexity index is 1710. The van der Waals surface area contributed by atoms with Crippen molar-refractivity contribution in [2.75, 3.05) is 7.11 Å². The second kappa shape index (κ2) is 13.7. The van der Waals surface area contributed by atoms with Crippen molar-refractivity contribution >= 4 is 29.6 Å². The lowest BCUT2D eigenvalue weighted by Crippen LogP contribution is -2.17. The van der Waals surface area contributed by atoms with Gasteiger partial charge in [-0.15, -0.1) is 0 Å². The number of ether oxygens (including phenoxy) is 3. The van der Waals surface area contributed by atoms with Crippen molar-refractivity contribution in [2.45, 2.75) is 51.9 Å². The second-order valence-electron chi connectivity index (χ2n) is 10.5. The molecule has 0 aliphatic carbocycles. The molecule has 4 aromatic rings. The van der Waals surface area contributed by atoms with Gasteiger partial charge in [0.15, 0.2) is 0 Å². The molecule has 0 spiro atoms. The monoisotopic (exact) mass is 616 g/mol. The standard InChI is InChI=1S/C34H33ClN2O7/c1-3-4-13-37-32(29-11-9-25(35)18-31(29)43-20-21-7-5-6-8-28(21)34(40)41)24(19-36-37)14-23(33(38)39)17-27-16-22-15-26(42-2)10-12-30(22)44-27/h5-12,14-15,18-19,27H,3-4,13,16-17,20H2,1-2H3,(H,38,39)(H,40,41). The molecule has 0 amide bonds. The van der Waals surface area contributed by atoms with Gasteiger partial charge in [0, 0.05) is 52.2 Å². The molecule has 2 heterocycles. The van der Waals surface area contributed by atoms with Crippen molar-refractivity contribution in [2.24, 2.45) is 0 Å². The number of carboxylic acid groups (broad SMARTS) is 2. The Morgan fingerprint density at radius 1 is 1.14 bits per heavy atom. The Labute approximate surface area is 260 Å². The summed E-state index contributed by atoms with van der Waals surface area (Å²) in [4.78, 5) is 24.2. The SMILES string of the molecule is CCCCn1ncc(C=C(CC2Cc3cc(OC)ccc3O2)C(=O)O)c1-c1ccc(Cl)cc1OCc1ccccc1C(=O)O. The minimum atomic E-state index is -1.05. The smallest absolute Gasteiger partial charge is 0.336 e. The van der Waals surface area contributed by atoms with Crippen molar-refractivity contribution in [3.63, 3.8) is 0 Å². The molecule has 10 heteroatoms. The molecule has 0 radical (unpaired) electrons. The first kappa shape index (κ1) is 30.7. The minimum Gasteiger partial charge on any atom is -0.497 e. The number of fused-ring (bicyclic) bond motifs is 1. The number of aromatic carboxylic acids is 1. The Morgan fingerprint density at radius 3 is 2.70 bits per heavy atom. The summed E-state index contributed by atoms with van der Waals surface area (Å²) in [5, 5.41) is 24.9. The summed E-state index contributed by atoms with van der Waals surface area (Å²) < 4.78 is 19.4. The Kier molecular flexibility index (Phi) is 9.55. The van der Waals surface area contributed by atoms with E-state index < -0.39 is 11.9 Å². The van der Waals surface area contributed by atoms with Gasteiger partial charge in [-0.05, 0) is 55.0 Å². The molecule has 0 saturated carbocycles. The molecular formula is C34H33ClN2O7. The molecule has 5 rings (SSSR count). The maximum atomic E-state index is 12.5. The summed E-state index contributed by atoms with van der Waals surface area (Å²) >= 11 is 6.38. The molecule has 1 atom stereocenters. The van der Waals surface area contributed by atoms with E-state index in [9.17, 15) is 19.8 Å². The quantitative estimate of drug-likeness (QED) is 0.152. The number of rotatable bonds is 13. The number of unbranched alkanes of at least 4 members (excludes halogenated alkanes) is 1. The van der Waals surface area contributed by atoms with Gasteiger partial charge in [0.05, 0.1) is 24.6 Å². The number of halogens is 1. The van der Waals surface area contributed by atoms with Crippen LogP contribution in [0.25, 0.3) is 17.3 Å². The Balaban J connectivity index is 1.49. The summed E-state index contributed by atoms with van der Waals surface area (Å²) in [6.45, 7) is 2.68. The lowest BCUT2D eigenvalue weighted by atomic mass is 9.99. The molecule has 3 aromatic carbocycles. The zero-order valence-corrected chi connectivity index (χ0v) is 25.2. The van der Waals surface area contributed by atoms with E-state index in [-0.39, 0.29) is 30.3 Å². The molecule has 1 aliphatic heterocycles. The molecule has 44 heavy (non-hydrogen) atoms. The van der Waals surface area contributed by atoms with Crippen LogP contribution in [0.4, 0.5) is 0 Å². The molecule has 0 saturated heterocycles. The number of benzene rings is 3. The average molecular weight is 617 g/mol. The van der Waals surface area contributed by atoms with Crippen molar-refractivity contribution in [3.8, 4) is 28.5 Å². The molecule has 1 unspecified atom stereocenters. The molecule has 228 valence electrons. The molecule has 0 fully saturated rings. The fraction of sp³-hybridized carbons (Fsp3) is 0.265. The van der Waals surface area contributed by atoms with E-state index in [0.717, 1.165) is 29.9 Å². The van der Waals surface area contributed by atoms with Gasteiger partial charge in [0.1, 0.15) is 30.0 Å². The van der Waals surface area contributed by atoms with Crippen molar-refractivity contribution in [3.05, 3.63) is 99.7 Å². The van der Waals surface area contributed by atoms with Gasteiger partial charge in [0.2, 0.25) is 0 Å². The number of aromatic nitrogens is 2. The summed E-state index contributed by atoms with van der Waals surface area (Å²) in [5.74, 6) is -0.229. The number of aryl methyl sites for hydroxylation is 1. The molecule has 1 aromatic heterocycles. The predicted octanol–water partition coefficient (Wildman–Crippen LogP) is 7.15. The van der Waals surface area contributed by atoms with Crippen LogP contribution in [0.1, 0.15) is 53.2 Å². The van der Waals surface area contributed by atoms with Crippen LogP contribution in [0.3, 0.4) is 0 Å². The number of aliphatic carboxylic acids is 1. The lowest BCUT2D eigenvalue weighted by molar-refractivity contribution is -0.132. The third kappa shape index (κ3) is 6.89. The lowest BCUT2D eigenvalue weighted by Gasteiger charge is -2.16. The normalized spacial score (nSPS) is 14.2. The highest BCUT2D eigenvalue weighted by Gasteiger charge is 2.27. The summed E-state index contributed by atoms with van der Waals surface area (Å²) in [5.41, 5.74) is 3.74. The van der Waals surface area contributed by atoms with Gasteiger partial charge in [0.25, 0.3) is 0 Å². The van der Waals surface area contributed by atoms with Gasteiger partial charge >= 0.3 is 11.9 Å². The zero-order chi connectivity index (χ0) is 31.2. The number of hydrogen-bond acceptors (Lipinski definition) is 6. The molecule has 9 nitrogen and oxygen atoms in total. The van der Waals surface area contributed by atoms with E-state index in [1.54, 1.807) is 49.7 Å². The van der Waals surface area contributed by atoms with Crippen LogP contribution in [0.15, 0.2) is 72.4 Å². The number of carbonyl (C=O) groups is 2. The van der Waals surface area contributed by atoms with Crippen LogP contribution < -0.4 is 14.2 Å². The third-order valence-electron chi connectivity index (χ3n) is 7.48. The van der Waals surface area contributed by atoms with Crippen LogP contribution in [0.5, 0.6) is 17.2 Å². The fourth-order valence-corrected chi connectivity index (χ4v) is 5.44. The number of hydrogen-bond donors (Lipinski definition) is 2. The average Bonchev–Trinajstić information content (AvgIpc) is 3.61. The largest absolute Gasteiger partial charge is 0.497 e. The van der Waals surface area contributed by atoms with Crippen LogP contribution in [0, 0.1) is 0 Å². The maximum absolute atomic E-state index is 12.5. The van der Waals surface area contributed by atoms with Gasteiger partial charge in [-0.2, -0.15) is 5.10 Å². The Morgan fingerprint density at radius 2 is 1.95 bits per heavy atom. The number of carboxylic acids is 2. The van der Waals surface area contributed by atoms with Crippen LogP contribution >= 0.6 is 11.6 Å². The zero-order valence-electron chi connectivity index (χ0n) is 24.5. The molecule has 1 aliphatic rings. The van der Waals surface area contributed by atoms with E-state index in [1.165, 1.54) is 6.07 Å². The highest BCUT2D eigenvalue weighted by molar-refractivity contribution is 6.30. The van der Waals surface area contributed by atoms with E-state index in [0.29, 0.717) is 46.1 Å². The minimum absolute atomic E-state index is 0.00513. The van der Waals surface area contributed by atoms with Crippen molar-refractivity contribution in [1.82, 2.24) is 9.78 Å². The summed E-state index contributed by atoms with van der Waals surface area (Å²) in [6.07, 6.45) is 5.48. The van der Waals surface area contributed by atoms with Crippen LogP contribution in [-0.4, -0.2) is 45.1 Å². The van der Waals surface area contributed by atoms with Gasteiger partial charge in [-0.3, -0.25) is 4.68 Å². The van der Waals surface area contributed by atoms with Gasteiger partial charge in [-0.1, -0.05) is 43.1 Å². The first-order valence-corrected chi connectivity index (χ1v) is 14.7. The highest BCUT2D eigenvalue weighted by Crippen LogP contribution is 2.38. The van der Waals surface area contributed by atoms with Crippen molar-refractivity contribution < 1.29 is 34.0 Å². The second-order valence-corrected chi connectivity index (χ2v) is 10.9. The highest BCUT2D eigenvalue weighted by atomic mass is 35.5. The van der Waals surface area contributed by atoms with Gasteiger partial charge in [-0.25, -0.2) is 9.59 Å². The number of methoxy groups -OCH3 is 1. The molecule has 0 bridgehead atoms. The maximum Gasteiger partial charge on any atom is 0.336 e. The predicted molar refractivity (Wildman–Crippen MR) is 167 cm³/mol. The van der Waals surface area contributed by atoms with Crippen LogP contribution in [-0.2, 0) is 24.4 Å². The van der Waals surface area contributed by atoms with Crippen LogP contribution in [0.2, 0.25) is 5.02 Å². The molecular weight excluding hydrogens is 584 g/mol. The van der Waals surface area contributed by atoms with E-state index in [2.05, 4.69) is 12.0 Å². The molecule has 2 N–H and O–H groups in total. The van der Waals surface area contributed by atoms with E-state index in [4.69, 9.17) is 25.8 Å². The van der Waals surface area contributed by atoms with E-state index in [1.807, 2.05) is 28.9 Å². The summed E-state index contributed by atoms with van der Waals surface area (Å²) in [7, 11) is 1.60. The third-order valence-corrected chi connectivity index (χ3v) is 7.72. The summed E-state index contributed by atoms with van der Waals surface area (Å²) in [6, 6.07) is 17.4. The first-order valence-electron chi connectivity index (χ1n) is 14.3. The van der Waals surface area contributed by atoms with E-state index >= 15 is 0 Å². The first-order chi connectivity index (χ1) is 21.3. The Hall–Kier alpha value is -4.76. The fourth-order valence-electron chi connectivity index (χ4n) is 5.28. The number of nitrogens with zero attached hydrogens (tertiary/aromatic N) is 2.